The molecule has 1 spiro atoms. The van der Waals surface area contributed by atoms with E-state index in [0.717, 1.165) is 59.8 Å². The number of nitrogens with one attached hydrogen (secondary N) is 1. The number of benzene rings is 1. The highest BCUT2D eigenvalue weighted by molar-refractivity contribution is 7.99. The van der Waals surface area contributed by atoms with Gasteiger partial charge in [0.05, 0.1) is 12.4 Å². The number of aromatic nitrogens is 2. The summed E-state index contributed by atoms with van der Waals surface area (Å²) in [6, 6.07) is 7.71. The number of ether oxygens (including phenoxy) is 2. The van der Waals surface area contributed by atoms with Crippen LogP contribution in [0, 0.1) is 5.92 Å². The Morgan fingerprint density at radius 2 is 1.97 bits per heavy atom. The lowest BCUT2D eigenvalue weighted by atomic mass is 9.82. The van der Waals surface area contributed by atoms with Crippen molar-refractivity contribution < 1.29 is 14.3 Å². The lowest BCUT2D eigenvalue weighted by molar-refractivity contribution is 0.0149. The molecular formula is C25H32N4O3S. The molecule has 1 atom stereocenters. The zero-order valence-corrected chi connectivity index (χ0v) is 20.4. The van der Waals surface area contributed by atoms with Gasteiger partial charge in [-0.15, -0.1) is 11.8 Å². The largest absolute Gasteiger partial charge is 0.484 e. The number of para-hydroxylation sites is 1. The maximum absolute atomic E-state index is 12.6. The number of rotatable bonds is 5. The van der Waals surface area contributed by atoms with Crippen molar-refractivity contribution in [1.82, 2.24) is 15.3 Å². The Kier molecular flexibility index (Phi) is 5.89. The molecule has 7 nitrogen and oxygen atoms in total. The molecule has 0 bridgehead atoms. The fraction of sp³-hybridized carbons (Fsp3) is 0.560. The first kappa shape index (κ1) is 22.3. The van der Waals surface area contributed by atoms with Gasteiger partial charge in [-0.05, 0) is 45.6 Å². The second-order valence-corrected chi connectivity index (χ2v) is 11.3. The van der Waals surface area contributed by atoms with Crippen LogP contribution in [0.2, 0.25) is 0 Å². The second-order valence-electron chi connectivity index (χ2n) is 10.2. The number of anilines is 1. The highest BCUT2D eigenvalue weighted by Crippen LogP contribution is 2.48. The molecule has 2 aliphatic heterocycles. The summed E-state index contributed by atoms with van der Waals surface area (Å²) < 4.78 is 12.1. The van der Waals surface area contributed by atoms with Crippen molar-refractivity contribution in [2.75, 3.05) is 23.7 Å². The lowest BCUT2D eigenvalue weighted by Gasteiger charge is -2.42. The summed E-state index contributed by atoms with van der Waals surface area (Å²) in [5.41, 5.74) is -0.0417. The smallest absolute Gasteiger partial charge is 0.408 e. The van der Waals surface area contributed by atoms with E-state index in [1.165, 1.54) is 12.8 Å². The molecule has 1 N–H and O–H groups in total. The van der Waals surface area contributed by atoms with Crippen LogP contribution < -0.4 is 15.0 Å². The highest BCUT2D eigenvalue weighted by atomic mass is 32.2. The van der Waals surface area contributed by atoms with Crippen molar-refractivity contribution in [2.24, 2.45) is 5.92 Å². The maximum Gasteiger partial charge on any atom is 0.408 e. The van der Waals surface area contributed by atoms with E-state index in [9.17, 15) is 4.79 Å². The minimum Gasteiger partial charge on any atom is -0.484 e. The Bertz CT molecular complexity index is 995. The van der Waals surface area contributed by atoms with Gasteiger partial charge in [0.2, 0.25) is 0 Å². The zero-order chi connectivity index (χ0) is 23.1. The van der Waals surface area contributed by atoms with E-state index in [2.05, 4.69) is 20.2 Å². The third-order valence-corrected chi connectivity index (χ3v) is 7.59. The third kappa shape index (κ3) is 5.05. The van der Waals surface area contributed by atoms with Gasteiger partial charge in [0.25, 0.3) is 0 Å². The molecule has 3 aliphatic rings. The van der Waals surface area contributed by atoms with Gasteiger partial charge < -0.3 is 19.7 Å². The van der Waals surface area contributed by atoms with Crippen LogP contribution in [0.3, 0.4) is 0 Å². The van der Waals surface area contributed by atoms with Gasteiger partial charge in [0, 0.05) is 37.2 Å². The first-order valence-corrected chi connectivity index (χ1v) is 12.8. The minimum atomic E-state index is -0.554. The predicted octanol–water partition coefficient (Wildman–Crippen LogP) is 4.98. The molecule has 1 saturated heterocycles. The van der Waals surface area contributed by atoms with E-state index in [-0.39, 0.29) is 6.04 Å². The molecule has 0 unspecified atom stereocenters. The SMILES string of the molecule is CC(C)(C)OC(=O)N[C@@H]1c2ccccc2OC12CCN(c1cnc(SCC3CC3)cn1)CC2. The Hall–Kier alpha value is -2.48. The number of fused-ring (bicyclic) bond motifs is 1. The van der Waals surface area contributed by atoms with Gasteiger partial charge in [-0.3, -0.25) is 0 Å². The summed E-state index contributed by atoms with van der Waals surface area (Å²) >= 11 is 1.80. The molecule has 176 valence electrons. The normalized spacial score (nSPS) is 21.4. The molecule has 2 fully saturated rings. The molecular weight excluding hydrogens is 436 g/mol. The summed E-state index contributed by atoms with van der Waals surface area (Å²) in [5.74, 6) is 3.74. The third-order valence-electron chi connectivity index (χ3n) is 6.44. The number of carbonyl (C=O) groups is 1. The van der Waals surface area contributed by atoms with Crippen molar-refractivity contribution in [1.29, 1.82) is 0 Å². The number of piperidine rings is 1. The van der Waals surface area contributed by atoms with Gasteiger partial charge in [-0.1, -0.05) is 18.2 Å². The van der Waals surface area contributed by atoms with Gasteiger partial charge >= 0.3 is 6.09 Å². The maximum atomic E-state index is 12.6. The number of hydrogen-bond donors (Lipinski definition) is 1. The van der Waals surface area contributed by atoms with Crippen molar-refractivity contribution in [2.45, 2.75) is 68.7 Å². The van der Waals surface area contributed by atoms with E-state index in [0.29, 0.717) is 0 Å². The highest BCUT2D eigenvalue weighted by Gasteiger charge is 2.51. The molecule has 0 radical (unpaired) electrons. The summed E-state index contributed by atoms with van der Waals surface area (Å²) in [7, 11) is 0. The fourth-order valence-corrected chi connectivity index (χ4v) is 5.54. The Labute approximate surface area is 199 Å². The summed E-state index contributed by atoms with van der Waals surface area (Å²) in [6.07, 6.45) is 7.59. The van der Waals surface area contributed by atoms with E-state index < -0.39 is 17.3 Å². The molecule has 5 rings (SSSR count). The summed E-state index contributed by atoms with van der Waals surface area (Å²) in [4.78, 5) is 24.2. The monoisotopic (exact) mass is 468 g/mol. The summed E-state index contributed by atoms with van der Waals surface area (Å²) in [6.45, 7) is 7.18. The van der Waals surface area contributed by atoms with Crippen LogP contribution in [0.15, 0.2) is 41.7 Å². The van der Waals surface area contributed by atoms with E-state index in [4.69, 9.17) is 9.47 Å². The Morgan fingerprint density at radius 1 is 1.21 bits per heavy atom. The number of amides is 1. The van der Waals surface area contributed by atoms with Gasteiger partial charge in [0.1, 0.15) is 33.8 Å². The fourth-order valence-electron chi connectivity index (χ4n) is 4.55. The van der Waals surface area contributed by atoms with Crippen molar-refractivity contribution >= 4 is 23.7 Å². The lowest BCUT2D eigenvalue weighted by Crippen LogP contribution is -2.54. The van der Waals surface area contributed by atoms with Gasteiger partial charge in [-0.25, -0.2) is 14.8 Å². The molecule has 1 aromatic heterocycles. The van der Waals surface area contributed by atoms with E-state index >= 15 is 0 Å². The van der Waals surface area contributed by atoms with Crippen LogP contribution in [0.25, 0.3) is 0 Å². The van der Waals surface area contributed by atoms with E-state index in [1.54, 1.807) is 11.8 Å². The second kappa shape index (κ2) is 8.70. The van der Waals surface area contributed by atoms with Gasteiger partial charge in [-0.2, -0.15) is 0 Å². The van der Waals surface area contributed by atoms with Crippen molar-refractivity contribution in [3.05, 3.63) is 42.2 Å². The van der Waals surface area contributed by atoms with Crippen LogP contribution in [0.1, 0.15) is 58.1 Å². The zero-order valence-electron chi connectivity index (χ0n) is 19.5. The quantitative estimate of drug-likeness (QED) is 0.621. The average molecular weight is 469 g/mol. The van der Waals surface area contributed by atoms with Crippen LogP contribution in [0.5, 0.6) is 5.75 Å². The standard InChI is InChI=1S/C25H32N4O3S/c1-24(2,3)32-23(30)28-22-18-6-4-5-7-19(18)31-25(22)10-12-29(13-11-25)20-14-27-21(15-26-20)33-16-17-8-9-17/h4-7,14-15,17,22H,8-13,16H2,1-3H3,(H,28,30)/t22-/m1/s1. The molecule has 2 aromatic rings. The molecule has 8 heteroatoms. The number of thioether (sulfide) groups is 1. The first-order valence-electron chi connectivity index (χ1n) is 11.8. The molecule has 3 heterocycles. The topological polar surface area (TPSA) is 76.6 Å². The Morgan fingerprint density at radius 3 is 2.64 bits per heavy atom. The molecule has 1 amide bonds. The average Bonchev–Trinajstić information content (AvgIpc) is 3.56. The van der Waals surface area contributed by atoms with Gasteiger partial charge in [0.15, 0.2) is 0 Å². The molecule has 33 heavy (non-hydrogen) atoms. The Balaban J connectivity index is 1.27. The summed E-state index contributed by atoms with van der Waals surface area (Å²) in [5, 5.41) is 4.10. The number of carbonyl (C=O) groups excluding carboxylic acids is 1. The van der Waals surface area contributed by atoms with Crippen LogP contribution >= 0.6 is 11.8 Å². The first-order chi connectivity index (χ1) is 15.8. The van der Waals surface area contributed by atoms with Crippen LogP contribution in [0.4, 0.5) is 10.6 Å². The minimum absolute atomic E-state index is 0.252. The van der Waals surface area contributed by atoms with Crippen LogP contribution in [-0.2, 0) is 4.74 Å². The number of nitrogens with zero attached hydrogens (tertiary/aromatic N) is 3. The van der Waals surface area contributed by atoms with Crippen molar-refractivity contribution in [3.8, 4) is 5.75 Å². The molecule has 1 aromatic carbocycles. The van der Waals surface area contributed by atoms with Crippen molar-refractivity contribution in [3.63, 3.8) is 0 Å². The predicted molar refractivity (Wildman–Crippen MR) is 129 cm³/mol. The van der Waals surface area contributed by atoms with Crippen LogP contribution in [-0.4, -0.2) is 46.1 Å². The number of alkyl carbamates (subject to hydrolysis) is 1. The molecule has 1 saturated carbocycles. The molecule has 1 aliphatic carbocycles. The van der Waals surface area contributed by atoms with E-state index in [1.807, 2.05) is 57.4 Å². The number of hydrogen-bond acceptors (Lipinski definition) is 7.